The highest BCUT2D eigenvalue weighted by Gasteiger charge is 2.28. The van der Waals surface area contributed by atoms with Crippen LogP contribution in [0.4, 0.5) is 4.39 Å². The number of alkyl halides is 1. The zero-order valence-electron chi connectivity index (χ0n) is 12.6. The van der Waals surface area contributed by atoms with Gasteiger partial charge in [0.05, 0.1) is 5.52 Å². The van der Waals surface area contributed by atoms with Gasteiger partial charge in [0.2, 0.25) is 0 Å². The van der Waals surface area contributed by atoms with E-state index in [0.29, 0.717) is 29.8 Å². The van der Waals surface area contributed by atoms with Gasteiger partial charge in [0.15, 0.2) is 5.82 Å². The number of hydrogen-bond donors (Lipinski definition) is 0. The Morgan fingerprint density at radius 1 is 1.29 bits per heavy atom. The zero-order chi connectivity index (χ0) is 15.0. The summed E-state index contributed by atoms with van der Waals surface area (Å²) in [7, 11) is 0. The van der Waals surface area contributed by atoms with Gasteiger partial charge in [-0.25, -0.2) is 9.37 Å². The molecule has 1 fully saturated rings. The van der Waals surface area contributed by atoms with E-state index in [4.69, 9.17) is 11.6 Å². The number of aryl methyl sites for hydroxylation is 1. The normalized spacial score (nSPS) is 26.4. The minimum absolute atomic E-state index is 0.237. The van der Waals surface area contributed by atoms with Crippen LogP contribution in [-0.4, -0.2) is 15.4 Å². The highest BCUT2D eigenvalue weighted by Crippen LogP contribution is 2.38. The number of para-hydroxylation sites is 1. The summed E-state index contributed by atoms with van der Waals surface area (Å²) in [5.74, 6) is 2.67. The molecule has 1 aromatic heterocycles. The molecule has 2 nitrogen and oxygen atoms in total. The van der Waals surface area contributed by atoms with E-state index in [1.54, 1.807) is 6.07 Å². The van der Waals surface area contributed by atoms with Gasteiger partial charge >= 0.3 is 0 Å². The lowest BCUT2D eigenvalue weighted by molar-refractivity contribution is 0.211. The molecule has 1 saturated carbocycles. The fourth-order valence-corrected chi connectivity index (χ4v) is 3.72. The van der Waals surface area contributed by atoms with Crippen LogP contribution < -0.4 is 0 Å². The highest BCUT2D eigenvalue weighted by atomic mass is 35.5. The van der Waals surface area contributed by atoms with E-state index in [1.807, 2.05) is 6.07 Å². The van der Waals surface area contributed by atoms with Crippen molar-refractivity contribution in [3.8, 4) is 0 Å². The van der Waals surface area contributed by atoms with Crippen LogP contribution in [0.15, 0.2) is 18.2 Å². The molecule has 21 heavy (non-hydrogen) atoms. The number of fused-ring (bicyclic) bond motifs is 1. The minimum Gasteiger partial charge on any atom is -0.325 e. The standard InChI is InChI=1S/C17H22ClFN2/c1-11-6-7-13(10-12(11)2)21-15-5-3-4-14(19)17(15)20-16(21)8-9-18/h3-5,11-13H,6-10H2,1-2H3. The summed E-state index contributed by atoms with van der Waals surface area (Å²) in [6, 6.07) is 5.65. The van der Waals surface area contributed by atoms with Crippen molar-refractivity contribution < 1.29 is 4.39 Å². The SMILES string of the molecule is CC1CCC(n2c(CCCl)nc3c(F)cccc32)CC1C. The Labute approximate surface area is 130 Å². The fourth-order valence-electron chi connectivity index (χ4n) is 3.55. The van der Waals surface area contributed by atoms with Gasteiger partial charge in [-0.1, -0.05) is 19.9 Å². The fraction of sp³-hybridized carbons (Fsp3) is 0.588. The number of halogens is 2. The predicted octanol–water partition coefficient (Wildman–Crippen LogP) is 4.95. The highest BCUT2D eigenvalue weighted by molar-refractivity contribution is 6.17. The second-order valence-corrected chi connectivity index (χ2v) is 6.74. The number of nitrogens with zero attached hydrogens (tertiary/aromatic N) is 2. The van der Waals surface area contributed by atoms with Crippen LogP contribution in [0.2, 0.25) is 0 Å². The monoisotopic (exact) mass is 308 g/mol. The molecule has 3 rings (SSSR count). The van der Waals surface area contributed by atoms with E-state index in [1.165, 1.54) is 12.5 Å². The van der Waals surface area contributed by atoms with Gasteiger partial charge in [0.1, 0.15) is 11.3 Å². The van der Waals surface area contributed by atoms with E-state index in [9.17, 15) is 4.39 Å². The molecule has 1 aliphatic rings. The molecule has 114 valence electrons. The molecule has 0 spiro atoms. The van der Waals surface area contributed by atoms with E-state index in [0.717, 1.165) is 30.1 Å². The summed E-state index contributed by atoms with van der Waals surface area (Å²) in [5, 5.41) is 0. The van der Waals surface area contributed by atoms with Gasteiger partial charge in [0.25, 0.3) is 0 Å². The number of rotatable bonds is 3. The van der Waals surface area contributed by atoms with Crippen molar-refractivity contribution in [2.24, 2.45) is 11.8 Å². The predicted molar refractivity (Wildman–Crippen MR) is 85.3 cm³/mol. The first-order valence-electron chi connectivity index (χ1n) is 7.83. The summed E-state index contributed by atoms with van der Waals surface area (Å²) in [6.45, 7) is 4.64. The van der Waals surface area contributed by atoms with Crippen LogP contribution in [-0.2, 0) is 6.42 Å². The Hall–Kier alpha value is -1.09. The first-order chi connectivity index (χ1) is 10.1. The molecule has 0 saturated heterocycles. The maximum Gasteiger partial charge on any atom is 0.151 e. The van der Waals surface area contributed by atoms with Gasteiger partial charge in [-0.3, -0.25) is 0 Å². The van der Waals surface area contributed by atoms with Gasteiger partial charge < -0.3 is 4.57 Å². The Bertz CT molecular complexity index is 637. The molecule has 3 unspecified atom stereocenters. The lowest BCUT2D eigenvalue weighted by Gasteiger charge is -2.34. The van der Waals surface area contributed by atoms with Crippen molar-refractivity contribution in [2.75, 3.05) is 5.88 Å². The van der Waals surface area contributed by atoms with Crippen molar-refractivity contribution in [2.45, 2.75) is 45.6 Å². The summed E-state index contributed by atoms with van der Waals surface area (Å²) in [4.78, 5) is 4.52. The molecule has 4 heteroatoms. The number of benzene rings is 1. The summed E-state index contributed by atoms with van der Waals surface area (Å²) < 4.78 is 16.3. The zero-order valence-corrected chi connectivity index (χ0v) is 13.4. The second-order valence-electron chi connectivity index (χ2n) is 6.37. The number of hydrogen-bond acceptors (Lipinski definition) is 1. The molecule has 2 aromatic rings. The third kappa shape index (κ3) is 2.68. The Morgan fingerprint density at radius 3 is 2.81 bits per heavy atom. The molecule has 0 bridgehead atoms. The van der Waals surface area contributed by atoms with Gasteiger partial charge in [-0.2, -0.15) is 0 Å². The molecule has 1 aromatic carbocycles. The number of imidazole rings is 1. The average Bonchev–Trinajstić information content (AvgIpc) is 2.82. The van der Waals surface area contributed by atoms with Crippen LogP contribution in [0.1, 0.15) is 45.0 Å². The summed E-state index contributed by atoms with van der Waals surface area (Å²) in [6.07, 6.45) is 4.19. The third-order valence-corrected chi connectivity index (χ3v) is 5.19. The van der Waals surface area contributed by atoms with Crippen LogP contribution in [0.3, 0.4) is 0 Å². The maximum atomic E-state index is 14.0. The molecule has 0 N–H and O–H groups in total. The molecule has 0 amide bonds. The largest absolute Gasteiger partial charge is 0.325 e. The van der Waals surface area contributed by atoms with Crippen LogP contribution in [0.5, 0.6) is 0 Å². The van der Waals surface area contributed by atoms with Gasteiger partial charge in [0, 0.05) is 18.3 Å². The molecular weight excluding hydrogens is 287 g/mol. The van der Waals surface area contributed by atoms with Crippen molar-refractivity contribution in [1.82, 2.24) is 9.55 Å². The van der Waals surface area contributed by atoms with E-state index >= 15 is 0 Å². The third-order valence-electron chi connectivity index (χ3n) is 5.00. The van der Waals surface area contributed by atoms with E-state index < -0.39 is 0 Å². The lowest BCUT2D eigenvalue weighted by Crippen LogP contribution is -2.24. The average molecular weight is 309 g/mol. The Morgan fingerprint density at radius 2 is 2.10 bits per heavy atom. The minimum atomic E-state index is -0.237. The molecule has 1 aliphatic carbocycles. The Kier molecular flexibility index (Phi) is 4.21. The lowest BCUT2D eigenvalue weighted by atomic mass is 9.79. The van der Waals surface area contributed by atoms with Crippen LogP contribution >= 0.6 is 11.6 Å². The van der Waals surface area contributed by atoms with Crippen molar-refractivity contribution in [3.63, 3.8) is 0 Å². The van der Waals surface area contributed by atoms with Crippen LogP contribution in [0, 0.1) is 17.7 Å². The number of aromatic nitrogens is 2. The van der Waals surface area contributed by atoms with E-state index in [-0.39, 0.29) is 5.82 Å². The molecule has 0 radical (unpaired) electrons. The Balaban J connectivity index is 2.07. The molecule has 3 atom stereocenters. The summed E-state index contributed by atoms with van der Waals surface area (Å²) >= 11 is 5.92. The topological polar surface area (TPSA) is 17.8 Å². The smallest absolute Gasteiger partial charge is 0.151 e. The van der Waals surface area contributed by atoms with Crippen molar-refractivity contribution in [1.29, 1.82) is 0 Å². The quantitative estimate of drug-likeness (QED) is 0.733. The molecule has 0 aliphatic heterocycles. The van der Waals surface area contributed by atoms with Crippen molar-refractivity contribution in [3.05, 3.63) is 29.8 Å². The van der Waals surface area contributed by atoms with Crippen molar-refractivity contribution >= 4 is 22.6 Å². The maximum absolute atomic E-state index is 14.0. The second kappa shape index (κ2) is 5.96. The van der Waals surface area contributed by atoms with E-state index in [2.05, 4.69) is 23.4 Å². The summed E-state index contributed by atoms with van der Waals surface area (Å²) in [5.41, 5.74) is 1.41. The first-order valence-corrected chi connectivity index (χ1v) is 8.36. The molecular formula is C17H22ClFN2. The first kappa shape index (κ1) is 14.8. The van der Waals surface area contributed by atoms with Gasteiger partial charge in [-0.05, 0) is 43.2 Å². The van der Waals surface area contributed by atoms with Gasteiger partial charge in [-0.15, -0.1) is 11.6 Å². The van der Waals surface area contributed by atoms with Crippen LogP contribution in [0.25, 0.3) is 11.0 Å². The molecule has 1 heterocycles.